The van der Waals surface area contributed by atoms with Gasteiger partial charge < -0.3 is 16.0 Å². The summed E-state index contributed by atoms with van der Waals surface area (Å²) in [5, 5.41) is 3.49. The summed E-state index contributed by atoms with van der Waals surface area (Å²) < 4.78 is 0. The predicted molar refractivity (Wildman–Crippen MR) is 78.8 cm³/mol. The molecular weight excluding hydrogens is 244 g/mol. The molecule has 1 aromatic rings. The van der Waals surface area contributed by atoms with Crippen molar-refractivity contribution in [3.8, 4) is 0 Å². The third-order valence-corrected chi connectivity index (χ3v) is 3.65. The van der Waals surface area contributed by atoms with Crippen LogP contribution in [0.3, 0.4) is 0 Å². The summed E-state index contributed by atoms with van der Waals surface area (Å²) in [5.74, 6) is 1.47. The number of rotatable bonds is 3. The van der Waals surface area contributed by atoms with Crippen molar-refractivity contribution in [2.24, 2.45) is 11.7 Å². The molecule has 1 fully saturated rings. The van der Waals surface area contributed by atoms with E-state index in [-0.39, 0.29) is 0 Å². The number of hydrogen-bond donors (Lipinski definition) is 2. The summed E-state index contributed by atoms with van der Waals surface area (Å²) in [6.45, 7) is 4.51. The molecule has 18 heavy (non-hydrogen) atoms. The zero-order valence-corrected chi connectivity index (χ0v) is 11.7. The van der Waals surface area contributed by atoms with E-state index in [1.54, 1.807) is 0 Å². The SMILES string of the molecule is CC1CN(C)CCC1Nc1cccc(C(N)=S)n1. The number of nitrogens with two attached hydrogens (primary N) is 1. The van der Waals surface area contributed by atoms with Gasteiger partial charge in [0.05, 0.1) is 5.69 Å². The minimum absolute atomic E-state index is 0.343. The molecule has 0 saturated carbocycles. The zero-order valence-electron chi connectivity index (χ0n) is 10.9. The molecule has 0 aliphatic carbocycles. The van der Waals surface area contributed by atoms with Gasteiger partial charge in [-0.1, -0.05) is 25.2 Å². The largest absolute Gasteiger partial charge is 0.388 e. The van der Waals surface area contributed by atoms with E-state index >= 15 is 0 Å². The molecule has 2 rings (SSSR count). The number of aromatic nitrogens is 1. The summed E-state index contributed by atoms with van der Waals surface area (Å²) in [6.07, 6.45) is 1.14. The third kappa shape index (κ3) is 3.17. The Morgan fingerprint density at radius 2 is 2.33 bits per heavy atom. The van der Waals surface area contributed by atoms with Crippen molar-refractivity contribution < 1.29 is 0 Å². The van der Waals surface area contributed by atoms with Crippen molar-refractivity contribution in [2.45, 2.75) is 19.4 Å². The normalized spacial score (nSPS) is 24.8. The second-order valence-electron chi connectivity index (χ2n) is 5.05. The second kappa shape index (κ2) is 5.63. The quantitative estimate of drug-likeness (QED) is 0.810. The molecule has 0 aromatic carbocycles. The van der Waals surface area contributed by atoms with Gasteiger partial charge in [-0.15, -0.1) is 0 Å². The number of likely N-dealkylation sites (tertiary alicyclic amines) is 1. The van der Waals surface area contributed by atoms with Crippen LogP contribution in [0.2, 0.25) is 0 Å². The smallest absolute Gasteiger partial charge is 0.126 e. The Bertz CT molecular complexity index is 435. The lowest BCUT2D eigenvalue weighted by Crippen LogP contribution is -2.43. The maximum Gasteiger partial charge on any atom is 0.126 e. The van der Waals surface area contributed by atoms with Crippen LogP contribution >= 0.6 is 12.2 Å². The van der Waals surface area contributed by atoms with Crippen LogP contribution in [-0.4, -0.2) is 41.1 Å². The molecule has 2 unspecified atom stereocenters. The van der Waals surface area contributed by atoms with Gasteiger partial charge in [0.2, 0.25) is 0 Å². The Morgan fingerprint density at radius 3 is 3.00 bits per heavy atom. The monoisotopic (exact) mass is 264 g/mol. The number of piperidine rings is 1. The van der Waals surface area contributed by atoms with E-state index in [9.17, 15) is 0 Å². The zero-order chi connectivity index (χ0) is 13.1. The molecule has 2 atom stereocenters. The van der Waals surface area contributed by atoms with Crippen molar-refractivity contribution in [3.05, 3.63) is 23.9 Å². The number of nitrogens with one attached hydrogen (secondary N) is 1. The summed E-state index contributed by atoms with van der Waals surface area (Å²) >= 11 is 4.95. The van der Waals surface area contributed by atoms with Crippen LogP contribution in [0.4, 0.5) is 5.82 Å². The molecule has 1 aliphatic rings. The van der Waals surface area contributed by atoms with Crippen molar-refractivity contribution in [2.75, 3.05) is 25.5 Å². The number of hydrogen-bond acceptors (Lipinski definition) is 4. The highest BCUT2D eigenvalue weighted by Gasteiger charge is 2.24. The van der Waals surface area contributed by atoms with Crippen LogP contribution in [0.25, 0.3) is 0 Å². The van der Waals surface area contributed by atoms with Gasteiger partial charge >= 0.3 is 0 Å². The first-order valence-electron chi connectivity index (χ1n) is 6.28. The molecule has 2 heterocycles. The molecule has 1 aromatic heterocycles. The summed E-state index contributed by atoms with van der Waals surface area (Å²) in [4.78, 5) is 7.13. The number of pyridine rings is 1. The highest BCUT2D eigenvalue weighted by Crippen LogP contribution is 2.19. The van der Waals surface area contributed by atoms with Crippen LogP contribution in [0.5, 0.6) is 0 Å². The fourth-order valence-corrected chi connectivity index (χ4v) is 2.52. The molecule has 5 heteroatoms. The van der Waals surface area contributed by atoms with Crippen molar-refractivity contribution >= 4 is 23.0 Å². The molecule has 1 saturated heterocycles. The van der Waals surface area contributed by atoms with Crippen molar-refractivity contribution in [3.63, 3.8) is 0 Å². The van der Waals surface area contributed by atoms with Crippen LogP contribution in [0, 0.1) is 5.92 Å². The van der Waals surface area contributed by atoms with Gasteiger partial charge in [0.25, 0.3) is 0 Å². The molecule has 3 N–H and O–H groups in total. The van der Waals surface area contributed by atoms with Gasteiger partial charge in [-0.3, -0.25) is 0 Å². The minimum atomic E-state index is 0.343. The molecule has 0 bridgehead atoms. The first-order valence-corrected chi connectivity index (χ1v) is 6.69. The van der Waals surface area contributed by atoms with E-state index < -0.39 is 0 Å². The van der Waals surface area contributed by atoms with Crippen LogP contribution in [0.1, 0.15) is 19.0 Å². The number of thiocarbonyl (C=S) groups is 1. The standard InChI is InChI=1S/C13H20N4S/c1-9-8-17(2)7-6-10(9)15-12-5-3-4-11(16-12)13(14)18/h3-5,9-10H,6-8H2,1-2H3,(H2,14,18)(H,15,16). The van der Waals surface area contributed by atoms with Gasteiger partial charge in [0.15, 0.2) is 0 Å². The highest BCUT2D eigenvalue weighted by atomic mass is 32.1. The van der Waals surface area contributed by atoms with Crippen LogP contribution in [0.15, 0.2) is 18.2 Å². The van der Waals surface area contributed by atoms with E-state index in [0.717, 1.165) is 25.3 Å². The van der Waals surface area contributed by atoms with Gasteiger partial charge in [-0.25, -0.2) is 4.98 Å². The summed E-state index contributed by atoms with van der Waals surface area (Å²) in [6, 6.07) is 6.21. The van der Waals surface area contributed by atoms with Gasteiger partial charge in [-0.05, 0) is 38.1 Å². The fourth-order valence-electron chi connectivity index (χ4n) is 2.41. The second-order valence-corrected chi connectivity index (χ2v) is 5.49. The van der Waals surface area contributed by atoms with E-state index in [4.69, 9.17) is 18.0 Å². The summed E-state index contributed by atoms with van der Waals surface area (Å²) in [5.41, 5.74) is 6.27. The molecular formula is C13H20N4S. The fraction of sp³-hybridized carbons (Fsp3) is 0.538. The van der Waals surface area contributed by atoms with E-state index in [1.807, 2.05) is 18.2 Å². The molecule has 0 spiro atoms. The Morgan fingerprint density at radius 1 is 1.56 bits per heavy atom. The van der Waals surface area contributed by atoms with Crippen molar-refractivity contribution in [1.29, 1.82) is 0 Å². The lowest BCUT2D eigenvalue weighted by molar-refractivity contribution is 0.206. The van der Waals surface area contributed by atoms with E-state index in [1.165, 1.54) is 0 Å². The summed E-state index contributed by atoms with van der Waals surface area (Å²) in [7, 11) is 2.17. The lowest BCUT2D eigenvalue weighted by Gasteiger charge is -2.35. The number of nitrogens with zero attached hydrogens (tertiary/aromatic N) is 2. The van der Waals surface area contributed by atoms with Gasteiger partial charge in [-0.2, -0.15) is 0 Å². The molecule has 0 amide bonds. The minimum Gasteiger partial charge on any atom is -0.388 e. The third-order valence-electron chi connectivity index (χ3n) is 3.44. The average Bonchev–Trinajstić information content (AvgIpc) is 2.33. The average molecular weight is 264 g/mol. The maximum absolute atomic E-state index is 5.60. The maximum atomic E-state index is 5.60. The number of anilines is 1. The lowest BCUT2D eigenvalue weighted by atomic mass is 9.94. The van der Waals surface area contributed by atoms with Crippen LogP contribution in [-0.2, 0) is 0 Å². The van der Waals surface area contributed by atoms with Gasteiger partial charge in [0.1, 0.15) is 10.8 Å². The van der Waals surface area contributed by atoms with E-state index in [2.05, 4.69) is 29.2 Å². The first-order chi connectivity index (χ1) is 8.56. The first kappa shape index (κ1) is 13.2. The predicted octanol–water partition coefficient (Wildman–Crippen LogP) is 1.47. The Kier molecular flexibility index (Phi) is 4.14. The molecule has 0 radical (unpaired) electrons. The van der Waals surface area contributed by atoms with Crippen molar-refractivity contribution in [1.82, 2.24) is 9.88 Å². The Labute approximate surface area is 114 Å². The van der Waals surface area contributed by atoms with Gasteiger partial charge in [0, 0.05) is 12.6 Å². The highest BCUT2D eigenvalue weighted by molar-refractivity contribution is 7.80. The molecule has 4 nitrogen and oxygen atoms in total. The van der Waals surface area contributed by atoms with E-state index in [0.29, 0.717) is 22.6 Å². The topological polar surface area (TPSA) is 54.2 Å². The molecule has 98 valence electrons. The van der Waals surface area contributed by atoms with Crippen LogP contribution < -0.4 is 11.1 Å². The molecule has 1 aliphatic heterocycles. The Balaban J connectivity index is 2.05. The Hall–Kier alpha value is -1.20.